The molecule has 2 aliphatic heterocycles. The third-order valence-electron chi connectivity index (χ3n) is 6.65. The minimum absolute atomic E-state index is 0.0535. The summed E-state index contributed by atoms with van der Waals surface area (Å²) >= 11 is 1.97. The third kappa shape index (κ3) is 5.89. The topological polar surface area (TPSA) is 62.2 Å². The molecule has 1 unspecified atom stereocenters. The highest BCUT2D eigenvalue weighted by Crippen LogP contribution is 2.53. The van der Waals surface area contributed by atoms with E-state index in [9.17, 15) is 23.4 Å². The van der Waals surface area contributed by atoms with E-state index in [2.05, 4.69) is 4.90 Å². The van der Waals surface area contributed by atoms with Crippen LogP contribution in [0.3, 0.4) is 0 Å². The molecule has 0 amide bonds. The zero-order valence-corrected chi connectivity index (χ0v) is 21.4. The van der Waals surface area contributed by atoms with E-state index in [4.69, 9.17) is 9.47 Å². The van der Waals surface area contributed by atoms with Crippen molar-refractivity contribution in [3.63, 3.8) is 0 Å². The van der Waals surface area contributed by atoms with Gasteiger partial charge in [-0.15, -0.1) is 0 Å². The Hall–Kier alpha value is -3.30. The van der Waals surface area contributed by atoms with Gasteiger partial charge in [0.25, 0.3) is 0 Å². The number of phenolic OH excluding ortho intramolecular Hbond substituents is 2. The standard InChI is InChI=1S/C29H28F3NO4S/c30-29(31,32)27-24-11-8-22(35)18-25(24)37-28(26(27)19-2-6-21(34)7-3-19)20-4-9-23(10-5-20)36-15-1-12-33-13-16-38-17-14-33/h2-11,18,28,34-35H,1,12-17H2. The molecule has 0 spiro atoms. The van der Waals surface area contributed by atoms with Crippen molar-refractivity contribution < 1.29 is 32.9 Å². The zero-order valence-electron chi connectivity index (χ0n) is 20.6. The molecule has 1 saturated heterocycles. The summed E-state index contributed by atoms with van der Waals surface area (Å²) in [4.78, 5) is 2.43. The maximum atomic E-state index is 14.5. The van der Waals surface area contributed by atoms with Crippen molar-refractivity contribution in [1.82, 2.24) is 4.90 Å². The van der Waals surface area contributed by atoms with Crippen molar-refractivity contribution in [1.29, 1.82) is 0 Å². The molecule has 3 aromatic rings. The van der Waals surface area contributed by atoms with Gasteiger partial charge in [-0.3, -0.25) is 0 Å². The molecule has 1 fully saturated rings. The average molecular weight is 544 g/mol. The molecule has 0 aromatic heterocycles. The second-order valence-corrected chi connectivity index (χ2v) is 10.5. The molecule has 2 heterocycles. The summed E-state index contributed by atoms with van der Waals surface area (Å²) in [5, 5.41) is 19.7. The molecule has 1 atom stereocenters. The lowest BCUT2D eigenvalue weighted by Crippen LogP contribution is -2.33. The van der Waals surface area contributed by atoms with Gasteiger partial charge < -0.3 is 24.6 Å². The second kappa shape index (κ2) is 11.2. The molecule has 3 aromatic carbocycles. The normalized spacial score (nSPS) is 18.1. The fraction of sp³-hybridized carbons (Fsp3) is 0.310. The van der Waals surface area contributed by atoms with Crippen LogP contribution in [0.25, 0.3) is 11.1 Å². The molecule has 200 valence electrons. The first kappa shape index (κ1) is 26.3. The number of thioether (sulfide) groups is 1. The van der Waals surface area contributed by atoms with Crippen LogP contribution >= 0.6 is 11.8 Å². The summed E-state index contributed by atoms with van der Waals surface area (Å²) in [6.45, 7) is 3.71. The van der Waals surface area contributed by atoms with Crippen LogP contribution in [-0.2, 0) is 0 Å². The van der Waals surface area contributed by atoms with Crippen LogP contribution < -0.4 is 9.47 Å². The number of hydrogen-bond donors (Lipinski definition) is 2. The molecule has 2 aliphatic rings. The minimum atomic E-state index is -4.70. The van der Waals surface area contributed by atoms with E-state index >= 15 is 0 Å². The van der Waals surface area contributed by atoms with Crippen LogP contribution in [0.4, 0.5) is 13.2 Å². The predicted molar refractivity (Wildman–Crippen MR) is 143 cm³/mol. The second-order valence-electron chi connectivity index (χ2n) is 9.24. The van der Waals surface area contributed by atoms with Crippen LogP contribution in [0.1, 0.15) is 29.2 Å². The lowest BCUT2D eigenvalue weighted by molar-refractivity contribution is -0.0695. The van der Waals surface area contributed by atoms with Crippen molar-refractivity contribution >= 4 is 22.9 Å². The van der Waals surface area contributed by atoms with Gasteiger partial charge in [0.1, 0.15) is 23.0 Å². The highest BCUT2D eigenvalue weighted by molar-refractivity contribution is 7.99. The number of alkyl halides is 3. The highest BCUT2D eigenvalue weighted by atomic mass is 32.2. The van der Waals surface area contributed by atoms with Gasteiger partial charge in [-0.2, -0.15) is 24.9 Å². The van der Waals surface area contributed by atoms with Crippen LogP contribution in [-0.4, -0.2) is 59.0 Å². The molecule has 0 aliphatic carbocycles. The van der Waals surface area contributed by atoms with E-state index in [1.165, 1.54) is 42.5 Å². The first-order valence-electron chi connectivity index (χ1n) is 12.4. The van der Waals surface area contributed by atoms with Gasteiger partial charge in [-0.25, -0.2) is 0 Å². The number of rotatable bonds is 7. The van der Waals surface area contributed by atoms with E-state index in [1.54, 1.807) is 24.3 Å². The quantitative estimate of drug-likeness (QED) is 0.331. The summed E-state index contributed by atoms with van der Waals surface area (Å²) in [6.07, 6.45) is -4.91. The van der Waals surface area contributed by atoms with Gasteiger partial charge >= 0.3 is 6.18 Å². The Morgan fingerprint density at radius 3 is 2.29 bits per heavy atom. The first-order valence-corrected chi connectivity index (χ1v) is 13.6. The minimum Gasteiger partial charge on any atom is -0.508 e. The van der Waals surface area contributed by atoms with Gasteiger partial charge in [0, 0.05) is 48.3 Å². The Kier molecular flexibility index (Phi) is 7.76. The summed E-state index contributed by atoms with van der Waals surface area (Å²) < 4.78 is 55.6. The lowest BCUT2D eigenvalue weighted by Gasteiger charge is -2.33. The molecular formula is C29H28F3NO4S. The monoisotopic (exact) mass is 543 g/mol. The van der Waals surface area contributed by atoms with Gasteiger partial charge in [-0.1, -0.05) is 24.3 Å². The van der Waals surface area contributed by atoms with Gasteiger partial charge in [-0.05, 0) is 53.9 Å². The molecule has 38 heavy (non-hydrogen) atoms. The van der Waals surface area contributed by atoms with E-state index in [-0.39, 0.29) is 33.9 Å². The Labute approximate surface area is 223 Å². The van der Waals surface area contributed by atoms with Crippen molar-refractivity contribution in [3.05, 3.63) is 83.4 Å². The maximum Gasteiger partial charge on any atom is 0.417 e. The van der Waals surface area contributed by atoms with Gasteiger partial charge in [0.15, 0.2) is 6.10 Å². The predicted octanol–water partition coefficient (Wildman–Crippen LogP) is 6.52. The number of hydrogen-bond acceptors (Lipinski definition) is 6. The van der Waals surface area contributed by atoms with Crippen molar-refractivity contribution in [2.45, 2.75) is 18.7 Å². The molecule has 0 saturated carbocycles. The van der Waals surface area contributed by atoms with Crippen molar-refractivity contribution in [3.8, 4) is 23.0 Å². The number of nitrogens with zero attached hydrogens (tertiary/aromatic N) is 1. The molecule has 0 radical (unpaired) electrons. The number of fused-ring (bicyclic) bond motifs is 1. The molecular weight excluding hydrogens is 515 g/mol. The number of ether oxygens (including phenoxy) is 2. The van der Waals surface area contributed by atoms with Gasteiger partial charge in [0.2, 0.25) is 0 Å². The van der Waals surface area contributed by atoms with Crippen molar-refractivity contribution in [2.24, 2.45) is 0 Å². The third-order valence-corrected chi connectivity index (χ3v) is 7.59. The number of benzene rings is 3. The Bertz CT molecular complexity index is 1290. The number of aromatic hydroxyl groups is 2. The molecule has 9 heteroatoms. The number of halogens is 3. The Balaban J connectivity index is 1.43. The van der Waals surface area contributed by atoms with Crippen LogP contribution in [0.5, 0.6) is 23.0 Å². The first-order chi connectivity index (χ1) is 18.3. The molecule has 0 bridgehead atoms. The summed E-state index contributed by atoms with van der Waals surface area (Å²) in [5.41, 5.74) is -0.283. The molecule has 5 nitrogen and oxygen atoms in total. The summed E-state index contributed by atoms with van der Waals surface area (Å²) in [5.74, 6) is 2.65. The largest absolute Gasteiger partial charge is 0.508 e. The molecule has 2 N–H and O–H groups in total. The Morgan fingerprint density at radius 1 is 0.921 bits per heavy atom. The lowest BCUT2D eigenvalue weighted by atomic mass is 9.85. The maximum absolute atomic E-state index is 14.5. The number of phenols is 2. The van der Waals surface area contributed by atoms with Crippen LogP contribution in [0.2, 0.25) is 0 Å². The van der Waals surface area contributed by atoms with E-state index < -0.39 is 17.9 Å². The van der Waals surface area contributed by atoms with Crippen molar-refractivity contribution in [2.75, 3.05) is 37.7 Å². The van der Waals surface area contributed by atoms with E-state index in [0.717, 1.165) is 37.6 Å². The molecule has 5 rings (SSSR count). The van der Waals surface area contributed by atoms with Gasteiger partial charge in [0.05, 0.1) is 12.2 Å². The fourth-order valence-electron chi connectivity index (χ4n) is 4.80. The fourth-order valence-corrected chi connectivity index (χ4v) is 5.77. The SMILES string of the molecule is Oc1ccc(C2=C(C(F)(F)F)c3ccc(O)cc3OC2c2ccc(OCCCN3CCSCC3)cc2)cc1. The summed E-state index contributed by atoms with van der Waals surface area (Å²) in [6, 6.07) is 16.1. The smallest absolute Gasteiger partial charge is 0.417 e. The van der Waals surface area contributed by atoms with E-state index in [0.29, 0.717) is 17.9 Å². The summed E-state index contributed by atoms with van der Waals surface area (Å²) in [7, 11) is 0. The van der Waals surface area contributed by atoms with Crippen LogP contribution in [0.15, 0.2) is 66.7 Å². The Morgan fingerprint density at radius 2 is 1.61 bits per heavy atom. The highest BCUT2D eigenvalue weighted by Gasteiger charge is 2.44. The average Bonchev–Trinajstić information content (AvgIpc) is 2.91. The van der Waals surface area contributed by atoms with Crippen LogP contribution in [0, 0.1) is 0 Å². The number of allylic oxidation sites excluding steroid dienone is 1. The van der Waals surface area contributed by atoms with E-state index in [1.807, 2.05) is 11.8 Å². The zero-order chi connectivity index (χ0) is 26.7.